The zero-order valence-corrected chi connectivity index (χ0v) is 10.9. The van der Waals surface area contributed by atoms with Crippen LogP contribution in [0.4, 0.5) is 0 Å². The van der Waals surface area contributed by atoms with Crippen molar-refractivity contribution in [1.29, 1.82) is 0 Å². The summed E-state index contributed by atoms with van der Waals surface area (Å²) in [4.78, 5) is 11.8. The first kappa shape index (κ1) is 14.1. The number of aliphatic hydroxyl groups is 1. The molecule has 0 atom stereocenters. The van der Waals surface area contributed by atoms with Crippen molar-refractivity contribution in [3.05, 3.63) is 23.8 Å². The van der Waals surface area contributed by atoms with Gasteiger partial charge in [0.15, 0.2) is 0 Å². The molecule has 1 aromatic rings. The molecule has 4 heteroatoms. The van der Waals surface area contributed by atoms with E-state index >= 15 is 0 Å². The van der Waals surface area contributed by atoms with Gasteiger partial charge in [-0.05, 0) is 31.9 Å². The lowest BCUT2D eigenvalue weighted by atomic mass is 10.1. The molecule has 0 aromatic heterocycles. The van der Waals surface area contributed by atoms with Gasteiger partial charge in [0.25, 0.3) is 0 Å². The van der Waals surface area contributed by atoms with Crippen LogP contribution in [-0.2, 0) is 0 Å². The molecule has 0 heterocycles. The summed E-state index contributed by atoms with van der Waals surface area (Å²) in [5.41, 5.74) is -0.832. The van der Waals surface area contributed by atoms with Crippen LogP contribution in [0.3, 0.4) is 0 Å². The Morgan fingerprint density at radius 2 is 1.67 bits per heavy atom. The number of methoxy groups -OCH3 is 2. The number of hydrogen-bond donors (Lipinski definition) is 1. The molecule has 0 amide bonds. The van der Waals surface area contributed by atoms with Gasteiger partial charge >= 0.3 is 0 Å². The number of carbonyl (C=O) groups is 1. The third-order valence-corrected chi connectivity index (χ3v) is 2.10. The number of ether oxygens (including phenoxy) is 2. The highest BCUT2D eigenvalue weighted by atomic mass is 16.5. The minimum Gasteiger partial charge on any atom is -0.497 e. The topological polar surface area (TPSA) is 55.8 Å². The minimum atomic E-state index is -1.20. The normalized spacial score (nSPS) is 10.3. The van der Waals surface area contributed by atoms with Crippen LogP contribution in [-0.4, -0.2) is 30.7 Å². The van der Waals surface area contributed by atoms with E-state index in [0.29, 0.717) is 17.1 Å². The summed E-state index contributed by atoms with van der Waals surface area (Å²) in [6, 6.07) is 4.81. The van der Waals surface area contributed by atoms with Gasteiger partial charge in [-0.2, -0.15) is 0 Å². The van der Waals surface area contributed by atoms with Gasteiger partial charge in [-0.25, -0.2) is 0 Å². The Labute approximate surface area is 107 Å². The molecule has 1 rings (SSSR count). The quantitative estimate of drug-likeness (QED) is 0.502. The number of ketones is 1. The predicted molar refractivity (Wildman–Crippen MR) is 68.0 cm³/mol. The molecule has 0 aliphatic heterocycles. The van der Waals surface area contributed by atoms with Crippen LogP contribution in [0.1, 0.15) is 24.2 Å². The van der Waals surface area contributed by atoms with E-state index in [9.17, 15) is 9.90 Å². The Hall–Kier alpha value is -1.99. The lowest BCUT2D eigenvalue weighted by Crippen LogP contribution is -2.15. The minimum absolute atomic E-state index is 0.364. The number of Topliss-reactive ketones (excluding diaryl/α,β-unsaturated/α-hetero) is 1. The first-order valence-electron chi connectivity index (χ1n) is 5.38. The van der Waals surface area contributed by atoms with Gasteiger partial charge < -0.3 is 14.6 Å². The highest BCUT2D eigenvalue weighted by Crippen LogP contribution is 2.22. The van der Waals surface area contributed by atoms with Crippen LogP contribution >= 0.6 is 0 Å². The first-order chi connectivity index (χ1) is 8.35. The molecule has 96 valence electrons. The van der Waals surface area contributed by atoms with Crippen molar-refractivity contribution in [3.8, 4) is 23.3 Å². The van der Waals surface area contributed by atoms with Crippen molar-refractivity contribution >= 4 is 5.78 Å². The average molecular weight is 248 g/mol. The summed E-state index contributed by atoms with van der Waals surface area (Å²) in [5, 5.41) is 9.44. The van der Waals surface area contributed by atoms with E-state index in [4.69, 9.17) is 9.47 Å². The smallest absolute Gasteiger partial charge is 0.236 e. The fourth-order valence-electron chi connectivity index (χ4n) is 1.22. The van der Waals surface area contributed by atoms with Crippen molar-refractivity contribution in [1.82, 2.24) is 0 Å². The van der Waals surface area contributed by atoms with Gasteiger partial charge in [-0.15, -0.1) is 0 Å². The Kier molecular flexibility index (Phi) is 4.35. The molecular formula is C14H16O4. The third-order valence-electron chi connectivity index (χ3n) is 2.10. The standard InChI is InChI=1S/C14H16O4/c1-14(2,16)6-5-13(15)10-7-11(17-3)9-12(8-10)18-4/h7-9,16H,1-4H3. The lowest BCUT2D eigenvalue weighted by molar-refractivity contribution is 0.105. The summed E-state index contributed by atoms with van der Waals surface area (Å²) in [5.74, 6) is 5.50. The highest BCUT2D eigenvalue weighted by molar-refractivity contribution is 6.09. The van der Waals surface area contributed by atoms with Gasteiger partial charge in [-0.3, -0.25) is 4.79 Å². The molecule has 1 aromatic carbocycles. The maximum Gasteiger partial charge on any atom is 0.236 e. The predicted octanol–water partition coefficient (Wildman–Crippen LogP) is 1.66. The maximum atomic E-state index is 11.8. The SMILES string of the molecule is COc1cc(OC)cc(C(=O)C#CC(C)(C)O)c1. The van der Waals surface area contributed by atoms with Crippen molar-refractivity contribution in [2.75, 3.05) is 14.2 Å². The highest BCUT2D eigenvalue weighted by Gasteiger charge is 2.10. The van der Waals surface area contributed by atoms with Crippen LogP contribution in [0, 0.1) is 11.8 Å². The Bertz CT molecular complexity index is 479. The number of rotatable bonds is 3. The largest absolute Gasteiger partial charge is 0.497 e. The number of benzene rings is 1. The molecule has 0 saturated heterocycles. The Balaban J connectivity index is 3.08. The van der Waals surface area contributed by atoms with Gasteiger partial charge in [0.05, 0.1) is 14.2 Å². The fraction of sp³-hybridized carbons (Fsp3) is 0.357. The molecule has 0 unspecified atom stereocenters. The second-order valence-electron chi connectivity index (χ2n) is 4.24. The third kappa shape index (κ3) is 4.11. The first-order valence-corrected chi connectivity index (χ1v) is 5.38. The molecule has 18 heavy (non-hydrogen) atoms. The van der Waals surface area contributed by atoms with Crippen LogP contribution in [0.15, 0.2) is 18.2 Å². The summed E-state index contributed by atoms with van der Waals surface area (Å²) < 4.78 is 10.1. The second-order valence-corrected chi connectivity index (χ2v) is 4.24. The van der Waals surface area contributed by atoms with Crippen LogP contribution in [0.25, 0.3) is 0 Å². The van der Waals surface area contributed by atoms with Gasteiger partial charge in [0, 0.05) is 11.6 Å². The molecule has 0 saturated carbocycles. The average Bonchev–Trinajstić information content (AvgIpc) is 2.34. The lowest BCUT2D eigenvalue weighted by Gasteiger charge is -2.07. The van der Waals surface area contributed by atoms with E-state index in [1.165, 1.54) is 28.1 Å². The molecule has 0 bridgehead atoms. The van der Waals surface area contributed by atoms with E-state index in [0.717, 1.165) is 0 Å². The van der Waals surface area contributed by atoms with Crippen LogP contribution in [0.2, 0.25) is 0 Å². The van der Waals surface area contributed by atoms with E-state index in [2.05, 4.69) is 11.8 Å². The van der Waals surface area contributed by atoms with Gasteiger partial charge in [0.2, 0.25) is 5.78 Å². The van der Waals surface area contributed by atoms with Crippen LogP contribution in [0.5, 0.6) is 11.5 Å². The molecule has 1 N–H and O–H groups in total. The summed E-state index contributed by atoms with van der Waals surface area (Å²) in [6.45, 7) is 3.03. The molecule has 0 radical (unpaired) electrons. The van der Waals surface area contributed by atoms with Crippen LogP contribution < -0.4 is 9.47 Å². The maximum absolute atomic E-state index is 11.8. The zero-order chi connectivity index (χ0) is 13.8. The van der Waals surface area contributed by atoms with Crippen molar-refractivity contribution < 1.29 is 19.4 Å². The van der Waals surface area contributed by atoms with Crippen molar-refractivity contribution in [2.24, 2.45) is 0 Å². The summed E-state index contributed by atoms with van der Waals surface area (Å²) in [7, 11) is 3.01. The molecule has 0 spiro atoms. The van der Waals surface area contributed by atoms with E-state index in [1.54, 1.807) is 18.2 Å². The zero-order valence-electron chi connectivity index (χ0n) is 10.9. The monoisotopic (exact) mass is 248 g/mol. The molecular weight excluding hydrogens is 232 g/mol. The Morgan fingerprint density at radius 3 is 2.06 bits per heavy atom. The summed E-state index contributed by atoms with van der Waals surface area (Å²) >= 11 is 0. The second kappa shape index (κ2) is 5.56. The van der Waals surface area contributed by atoms with Crippen molar-refractivity contribution in [3.63, 3.8) is 0 Å². The number of hydrogen-bond acceptors (Lipinski definition) is 4. The van der Waals surface area contributed by atoms with Crippen molar-refractivity contribution in [2.45, 2.75) is 19.4 Å². The molecule has 0 aliphatic carbocycles. The van der Waals surface area contributed by atoms with Gasteiger partial charge in [-0.1, -0.05) is 5.92 Å². The van der Waals surface area contributed by atoms with Gasteiger partial charge in [0.1, 0.15) is 17.1 Å². The van der Waals surface area contributed by atoms with E-state index < -0.39 is 11.4 Å². The molecule has 0 fully saturated rings. The fourth-order valence-corrected chi connectivity index (χ4v) is 1.22. The molecule has 0 aliphatic rings. The summed E-state index contributed by atoms with van der Waals surface area (Å²) in [6.07, 6.45) is 0. The van der Waals surface area contributed by atoms with E-state index in [-0.39, 0.29) is 0 Å². The molecule has 4 nitrogen and oxygen atoms in total. The Morgan fingerprint density at radius 1 is 1.17 bits per heavy atom. The number of carbonyl (C=O) groups excluding carboxylic acids is 1. The van der Waals surface area contributed by atoms with E-state index in [1.807, 2.05) is 0 Å².